The van der Waals surface area contributed by atoms with E-state index in [2.05, 4.69) is 20.4 Å². The SMILES string of the molecule is CN(CCNC(=O)OC(C)(C)C)CCN(C)CCN(C)CC(=O)N[C@@H](CC(N)=O)C(=O)N1CCC[C@H]1C(=O)O. The van der Waals surface area contributed by atoms with E-state index in [9.17, 15) is 29.1 Å². The van der Waals surface area contributed by atoms with Crippen LogP contribution in [0.4, 0.5) is 4.79 Å². The molecule has 224 valence electrons. The lowest BCUT2D eigenvalue weighted by molar-refractivity contribution is -0.149. The number of hydrogen-bond acceptors (Lipinski definition) is 9. The maximum atomic E-state index is 12.9. The van der Waals surface area contributed by atoms with E-state index < -0.39 is 53.9 Å². The maximum absolute atomic E-state index is 12.9. The molecule has 0 bridgehead atoms. The Labute approximate surface area is 231 Å². The molecule has 0 aromatic heterocycles. The van der Waals surface area contributed by atoms with E-state index in [4.69, 9.17) is 10.5 Å². The molecule has 0 aromatic rings. The molecule has 14 nitrogen and oxygen atoms in total. The van der Waals surface area contributed by atoms with Gasteiger partial charge in [-0.2, -0.15) is 0 Å². The van der Waals surface area contributed by atoms with E-state index in [0.717, 1.165) is 13.1 Å². The van der Waals surface area contributed by atoms with Crippen LogP contribution < -0.4 is 16.4 Å². The van der Waals surface area contributed by atoms with Crippen LogP contribution in [0.3, 0.4) is 0 Å². The Bertz CT molecular complexity index is 849. The number of alkyl carbamates (subject to hydrolysis) is 1. The number of aliphatic carboxylic acids is 1. The minimum absolute atomic E-state index is 0.00498. The minimum atomic E-state index is -1.20. The molecule has 0 unspecified atom stereocenters. The number of carboxylic acid groups (broad SMARTS) is 1. The Balaban J connectivity index is 2.40. The molecule has 1 heterocycles. The molecule has 0 aliphatic carbocycles. The van der Waals surface area contributed by atoms with E-state index in [1.54, 1.807) is 11.9 Å². The zero-order valence-electron chi connectivity index (χ0n) is 24.2. The van der Waals surface area contributed by atoms with Gasteiger partial charge < -0.3 is 40.9 Å². The fourth-order valence-electron chi connectivity index (χ4n) is 4.02. The van der Waals surface area contributed by atoms with Gasteiger partial charge in [-0.25, -0.2) is 9.59 Å². The van der Waals surface area contributed by atoms with Crippen LogP contribution in [0.15, 0.2) is 0 Å². The summed E-state index contributed by atoms with van der Waals surface area (Å²) in [5, 5.41) is 14.6. The highest BCUT2D eigenvalue weighted by atomic mass is 16.6. The molecule has 0 saturated carbocycles. The van der Waals surface area contributed by atoms with Gasteiger partial charge >= 0.3 is 12.1 Å². The van der Waals surface area contributed by atoms with E-state index in [0.29, 0.717) is 39.0 Å². The third-order valence-electron chi connectivity index (χ3n) is 6.16. The van der Waals surface area contributed by atoms with Crippen molar-refractivity contribution in [2.24, 2.45) is 5.73 Å². The smallest absolute Gasteiger partial charge is 0.407 e. The zero-order valence-corrected chi connectivity index (χ0v) is 24.2. The number of amides is 4. The number of ether oxygens (including phenoxy) is 1. The molecule has 2 atom stereocenters. The number of likely N-dealkylation sites (N-methyl/N-ethyl adjacent to an activating group) is 3. The van der Waals surface area contributed by atoms with Crippen molar-refractivity contribution in [1.82, 2.24) is 30.2 Å². The van der Waals surface area contributed by atoms with E-state index >= 15 is 0 Å². The first-order valence-electron chi connectivity index (χ1n) is 13.2. The Morgan fingerprint density at radius 3 is 2.10 bits per heavy atom. The third kappa shape index (κ3) is 14.1. The van der Waals surface area contributed by atoms with Gasteiger partial charge in [0.2, 0.25) is 17.7 Å². The van der Waals surface area contributed by atoms with Crippen LogP contribution >= 0.6 is 0 Å². The van der Waals surface area contributed by atoms with Crippen molar-refractivity contribution in [3.05, 3.63) is 0 Å². The normalized spacial score (nSPS) is 16.4. The second-order valence-corrected chi connectivity index (χ2v) is 11.1. The number of nitrogens with zero attached hydrogens (tertiary/aromatic N) is 4. The summed E-state index contributed by atoms with van der Waals surface area (Å²) in [6.45, 7) is 9.65. The number of rotatable bonds is 16. The fraction of sp³-hybridized carbons (Fsp3) is 0.800. The van der Waals surface area contributed by atoms with Crippen molar-refractivity contribution in [3.63, 3.8) is 0 Å². The standard InChI is InChI=1S/C25H47N7O7/c1-25(2,3)39-24(38)27-9-11-29(4)12-13-30(5)14-15-31(6)17-21(34)28-18(16-20(26)33)22(35)32-10-7-8-19(32)23(36)37/h18-19H,7-17H2,1-6H3,(H2,26,33)(H,27,38)(H,28,34)(H,36,37)/t18-,19-/m0/s1. The first-order valence-corrected chi connectivity index (χ1v) is 13.2. The predicted octanol–water partition coefficient (Wildman–Crippen LogP) is -1.26. The number of hydrogen-bond donors (Lipinski definition) is 4. The first kappa shape index (κ1) is 34.1. The molecule has 4 amide bonds. The molecule has 1 aliphatic heterocycles. The average Bonchev–Trinajstić information content (AvgIpc) is 3.29. The van der Waals surface area contributed by atoms with Crippen LogP contribution in [-0.2, 0) is 23.9 Å². The van der Waals surface area contributed by atoms with E-state index in [1.165, 1.54) is 4.90 Å². The largest absolute Gasteiger partial charge is 0.480 e. The van der Waals surface area contributed by atoms with Crippen LogP contribution in [0.5, 0.6) is 0 Å². The van der Waals surface area contributed by atoms with Crippen LogP contribution in [0.2, 0.25) is 0 Å². The predicted molar refractivity (Wildman–Crippen MR) is 145 cm³/mol. The highest BCUT2D eigenvalue weighted by molar-refractivity contribution is 5.94. The zero-order chi connectivity index (χ0) is 29.8. The first-order chi connectivity index (χ1) is 18.1. The number of nitrogens with two attached hydrogens (primary N) is 1. The van der Waals surface area contributed by atoms with Crippen LogP contribution in [0.25, 0.3) is 0 Å². The molecule has 0 radical (unpaired) electrons. The van der Waals surface area contributed by atoms with Gasteiger partial charge in [0.25, 0.3) is 0 Å². The second kappa shape index (κ2) is 16.2. The fourth-order valence-corrected chi connectivity index (χ4v) is 4.02. The van der Waals surface area contributed by atoms with Gasteiger partial charge in [-0.1, -0.05) is 0 Å². The summed E-state index contributed by atoms with van der Waals surface area (Å²) in [5.41, 5.74) is 4.74. The summed E-state index contributed by atoms with van der Waals surface area (Å²) in [6.07, 6.45) is 0.0223. The molecule has 39 heavy (non-hydrogen) atoms. The third-order valence-corrected chi connectivity index (χ3v) is 6.16. The molecular formula is C25H47N7O7. The van der Waals surface area contributed by atoms with Gasteiger partial charge in [0.05, 0.1) is 13.0 Å². The van der Waals surface area contributed by atoms with Crippen molar-refractivity contribution in [1.29, 1.82) is 0 Å². The average molecular weight is 558 g/mol. The van der Waals surface area contributed by atoms with Gasteiger partial charge in [0.15, 0.2) is 0 Å². The lowest BCUT2D eigenvalue weighted by Gasteiger charge is -2.28. The quantitative estimate of drug-likeness (QED) is 0.179. The number of nitrogens with one attached hydrogen (secondary N) is 2. The van der Waals surface area contributed by atoms with Gasteiger partial charge in [-0.3, -0.25) is 19.3 Å². The number of carbonyl (C=O) groups excluding carboxylic acids is 4. The second-order valence-electron chi connectivity index (χ2n) is 11.1. The highest BCUT2D eigenvalue weighted by Crippen LogP contribution is 2.19. The number of carboxylic acids is 1. The Kier molecular flexibility index (Phi) is 14.2. The van der Waals surface area contributed by atoms with Crippen molar-refractivity contribution >= 4 is 29.8 Å². The van der Waals surface area contributed by atoms with Gasteiger partial charge in [0.1, 0.15) is 17.7 Å². The Hall–Kier alpha value is -2.97. The number of carbonyl (C=O) groups is 5. The highest BCUT2D eigenvalue weighted by Gasteiger charge is 2.38. The molecule has 0 spiro atoms. The van der Waals surface area contributed by atoms with Crippen molar-refractivity contribution < 1.29 is 33.8 Å². The number of primary amides is 1. The maximum Gasteiger partial charge on any atom is 0.407 e. The summed E-state index contributed by atoms with van der Waals surface area (Å²) < 4.78 is 5.21. The summed E-state index contributed by atoms with van der Waals surface area (Å²) in [6, 6.07) is -2.17. The summed E-state index contributed by atoms with van der Waals surface area (Å²) in [4.78, 5) is 67.4. The Morgan fingerprint density at radius 1 is 1.00 bits per heavy atom. The molecule has 1 aliphatic rings. The lowest BCUT2D eigenvalue weighted by Crippen LogP contribution is -2.54. The molecule has 0 aromatic carbocycles. The van der Waals surface area contributed by atoms with Crippen LogP contribution in [0.1, 0.15) is 40.0 Å². The lowest BCUT2D eigenvalue weighted by atomic mass is 10.1. The summed E-state index contributed by atoms with van der Waals surface area (Å²) in [5.74, 6) is -2.94. The Morgan fingerprint density at radius 2 is 1.56 bits per heavy atom. The molecule has 1 rings (SSSR count). The topological polar surface area (TPSA) is 178 Å². The van der Waals surface area contributed by atoms with Gasteiger partial charge in [-0.05, 0) is 54.8 Å². The van der Waals surface area contributed by atoms with Crippen molar-refractivity contribution in [3.8, 4) is 0 Å². The summed E-state index contributed by atoms with van der Waals surface area (Å²) >= 11 is 0. The van der Waals surface area contributed by atoms with Crippen molar-refractivity contribution in [2.75, 3.05) is 73.5 Å². The van der Waals surface area contributed by atoms with E-state index in [-0.39, 0.29) is 13.1 Å². The van der Waals surface area contributed by atoms with Crippen LogP contribution in [-0.4, -0.2) is 146 Å². The van der Waals surface area contributed by atoms with E-state index in [1.807, 2.05) is 34.9 Å². The monoisotopic (exact) mass is 557 g/mol. The van der Waals surface area contributed by atoms with Gasteiger partial charge in [-0.15, -0.1) is 0 Å². The molecule has 14 heteroatoms. The van der Waals surface area contributed by atoms with Crippen LogP contribution in [0, 0.1) is 0 Å². The van der Waals surface area contributed by atoms with Crippen molar-refractivity contribution in [2.45, 2.75) is 57.7 Å². The molecule has 5 N–H and O–H groups in total. The molecular weight excluding hydrogens is 510 g/mol. The minimum Gasteiger partial charge on any atom is -0.480 e. The summed E-state index contributed by atoms with van der Waals surface area (Å²) in [7, 11) is 5.70. The number of likely N-dealkylation sites (tertiary alicyclic amines) is 1. The molecule has 1 saturated heterocycles. The molecule has 1 fully saturated rings. The van der Waals surface area contributed by atoms with Gasteiger partial charge in [0, 0.05) is 45.8 Å².